The highest BCUT2D eigenvalue weighted by Gasteiger charge is 2.78. The zero-order valence-corrected chi connectivity index (χ0v) is 36.9. The van der Waals surface area contributed by atoms with Gasteiger partial charge in [0.1, 0.15) is 35.6 Å². The van der Waals surface area contributed by atoms with Crippen molar-refractivity contribution in [2.45, 2.75) is 161 Å². The Kier molecular flexibility index (Phi) is 13.2. The van der Waals surface area contributed by atoms with Crippen LogP contribution in [-0.4, -0.2) is 124 Å². The largest absolute Gasteiger partial charge is 0.456 e. The predicted molar refractivity (Wildman–Crippen MR) is 212 cm³/mol. The second-order valence-electron chi connectivity index (χ2n) is 19.8. The van der Waals surface area contributed by atoms with Crippen molar-refractivity contribution in [1.82, 2.24) is 5.32 Å². The molecule has 3 aliphatic carbocycles. The number of nitrogens with one attached hydrogen (secondary N) is 1. The Labute approximate surface area is 359 Å². The molecule has 5 rings (SSSR count). The maximum atomic E-state index is 15.7. The molecule has 11 atom stereocenters. The van der Waals surface area contributed by atoms with E-state index >= 15 is 4.79 Å². The summed E-state index contributed by atoms with van der Waals surface area (Å²) in [6.45, 7) is 16.1. The molecule has 344 valence electrons. The van der Waals surface area contributed by atoms with Crippen molar-refractivity contribution >= 4 is 35.8 Å². The number of carbonyl (C=O) groups excluding carboxylic acids is 6. The van der Waals surface area contributed by atoms with Gasteiger partial charge in [-0.15, -0.1) is 0 Å². The van der Waals surface area contributed by atoms with E-state index in [1.807, 2.05) is 0 Å². The van der Waals surface area contributed by atoms with Gasteiger partial charge in [-0.2, -0.15) is 0 Å². The fourth-order valence-electron chi connectivity index (χ4n) is 9.54. The highest BCUT2D eigenvalue weighted by molar-refractivity contribution is 5.96. The van der Waals surface area contributed by atoms with E-state index in [-0.39, 0.29) is 36.2 Å². The lowest BCUT2D eigenvalue weighted by Gasteiger charge is -2.67. The van der Waals surface area contributed by atoms with Crippen molar-refractivity contribution in [2.24, 2.45) is 22.2 Å². The van der Waals surface area contributed by atoms with Gasteiger partial charge in [-0.1, -0.05) is 52.8 Å². The molecule has 4 N–H and O–H groups in total. The van der Waals surface area contributed by atoms with Gasteiger partial charge < -0.3 is 49.1 Å². The average molecular weight is 880 g/mol. The molecule has 4 aliphatic rings. The predicted octanol–water partition coefficient (Wildman–Crippen LogP) is 4.14. The molecule has 0 aromatic heterocycles. The molecule has 62 heavy (non-hydrogen) atoms. The van der Waals surface area contributed by atoms with Crippen molar-refractivity contribution in [2.75, 3.05) is 6.61 Å². The average Bonchev–Trinajstić information content (AvgIpc) is 3.13. The Morgan fingerprint density at radius 1 is 0.984 bits per heavy atom. The third-order valence-corrected chi connectivity index (χ3v) is 12.6. The summed E-state index contributed by atoms with van der Waals surface area (Å²) in [5, 5.41) is 38.5. The molecule has 1 heterocycles. The molecule has 1 aromatic carbocycles. The molecule has 2 bridgehead atoms. The van der Waals surface area contributed by atoms with E-state index in [0.717, 1.165) is 6.92 Å². The first-order valence-electron chi connectivity index (χ1n) is 20.5. The minimum absolute atomic E-state index is 0.00155. The molecule has 0 radical (unpaired) electrons. The van der Waals surface area contributed by atoms with Crippen molar-refractivity contribution < 1.29 is 81.3 Å². The first kappa shape index (κ1) is 48.5. The lowest BCUT2D eigenvalue weighted by atomic mass is 9.44. The van der Waals surface area contributed by atoms with Crippen LogP contribution in [-0.2, 0) is 47.6 Å². The van der Waals surface area contributed by atoms with Crippen molar-refractivity contribution in [1.29, 1.82) is 0 Å². The van der Waals surface area contributed by atoms with Gasteiger partial charge in [0.15, 0.2) is 23.6 Å². The molecule has 1 saturated heterocycles. The number of halogens is 2. The zero-order valence-electron chi connectivity index (χ0n) is 36.9. The molecule has 0 unspecified atom stereocenters. The first-order valence-corrected chi connectivity index (χ1v) is 20.5. The van der Waals surface area contributed by atoms with Crippen LogP contribution in [0.15, 0.2) is 41.5 Å². The topological polar surface area (TPSA) is 231 Å². The molecule has 3 fully saturated rings. The molecule has 16 nitrogen and oxygen atoms in total. The second-order valence-corrected chi connectivity index (χ2v) is 19.8. The summed E-state index contributed by atoms with van der Waals surface area (Å²) < 4.78 is 63.8. The highest BCUT2D eigenvalue weighted by Crippen LogP contribution is 2.64. The van der Waals surface area contributed by atoms with Crippen LogP contribution in [0.2, 0.25) is 0 Å². The Morgan fingerprint density at radius 3 is 2.11 bits per heavy atom. The lowest BCUT2D eigenvalue weighted by molar-refractivity contribution is -0.346. The van der Waals surface area contributed by atoms with E-state index in [1.165, 1.54) is 60.6 Å². The van der Waals surface area contributed by atoms with Gasteiger partial charge in [0.25, 0.3) is 6.43 Å². The van der Waals surface area contributed by atoms with E-state index in [4.69, 9.17) is 28.4 Å². The lowest BCUT2D eigenvalue weighted by Crippen LogP contribution is -2.82. The maximum absolute atomic E-state index is 15.7. The smallest absolute Gasteiger partial charge is 0.408 e. The molecular formula is C44H59F2NO15. The van der Waals surface area contributed by atoms with Crippen LogP contribution in [0.1, 0.15) is 106 Å². The fraction of sp³-hybridized carbons (Fsp3) is 0.682. The number of alkyl carbamates (subject to hydrolysis) is 1. The number of amides is 1. The van der Waals surface area contributed by atoms with Crippen molar-refractivity contribution in [3.63, 3.8) is 0 Å². The molecule has 1 aromatic rings. The highest BCUT2D eigenvalue weighted by atomic mass is 19.3. The summed E-state index contributed by atoms with van der Waals surface area (Å²) in [4.78, 5) is 83.0. The van der Waals surface area contributed by atoms with E-state index in [9.17, 15) is 48.1 Å². The van der Waals surface area contributed by atoms with Crippen LogP contribution in [0.5, 0.6) is 0 Å². The number of Topliss-reactive ketones (excluding diaryl/α,β-unsaturated/α-hetero) is 1. The number of ether oxygens (including phenoxy) is 6. The van der Waals surface area contributed by atoms with Crippen LogP contribution >= 0.6 is 0 Å². The number of aliphatic hydroxyl groups is 3. The number of alkyl halides is 2. The summed E-state index contributed by atoms with van der Waals surface area (Å²) in [5.74, 6) is -7.00. The third-order valence-electron chi connectivity index (χ3n) is 12.6. The van der Waals surface area contributed by atoms with Crippen LogP contribution in [0, 0.1) is 22.2 Å². The number of esters is 4. The minimum Gasteiger partial charge on any atom is -0.456 e. The number of benzene rings is 1. The second kappa shape index (κ2) is 16.9. The Bertz CT molecular complexity index is 1970. The van der Waals surface area contributed by atoms with Crippen LogP contribution in [0.4, 0.5) is 13.6 Å². The van der Waals surface area contributed by atoms with Gasteiger partial charge >= 0.3 is 30.0 Å². The molecule has 1 aliphatic heterocycles. The minimum atomic E-state index is -3.53. The van der Waals surface area contributed by atoms with Crippen LogP contribution in [0.3, 0.4) is 0 Å². The van der Waals surface area contributed by atoms with Gasteiger partial charge in [-0.3, -0.25) is 14.4 Å². The summed E-state index contributed by atoms with van der Waals surface area (Å²) in [6.07, 6.45) is -17.2. The zero-order chi connectivity index (χ0) is 46.7. The summed E-state index contributed by atoms with van der Waals surface area (Å²) >= 11 is 0. The molecule has 1 amide bonds. The Hall–Kier alpha value is -4.52. The van der Waals surface area contributed by atoms with Crippen molar-refractivity contribution in [3.05, 3.63) is 47.0 Å². The number of ketones is 1. The van der Waals surface area contributed by atoms with Gasteiger partial charge in [-0.05, 0) is 63.3 Å². The molecular weight excluding hydrogens is 820 g/mol. The normalized spacial score (nSPS) is 32.6. The Morgan fingerprint density at radius 2 is 1.60 bits per heavy atom. The standard InChI is InChI=1S/C44H59F2NO15/c1-21-24(58-37(54)30(51)29(35(45)46)47-38(55)62-40(6,7)8)18-44(56)34(60-36(53)23-15-13-12-14-16-23)32-42(11,25(49)17-26-43(32,20-57-26)61-22(2)48)33(52)31(28(21)41(44,9)10)59-27(50)19-39(3,4)5/h12-16,24-26,29-32,34-35,49,51,56H,17-20H2,1-11H3,(H,47,55)/t24-,25-,26+,29+,30+,31+,32-,34-,42+,43-,44+/m0/s1. The van der Waals surface area contributed by atoms with Gasteiger partial charge in [-0.25, -0.2) is 23.2 Å². The monoisotopic (exact) mass is 879 g/mol. The molecule has 18 heteroatoms. The SMILES string of the molecule is CC(=O)O[C@@]12CO[C@@H]1C[C@H](O)[C@@]1(C)C(=O)[C@H](OC(=O)CC(C)(C)C)C3=C(C)[C@@H](OC(=O)[C@H](O)[C@@H](NC(=O)OC(C)(C)C)C(F)F)C[C@@](O)([C@@H](OC(=O)c4ccccc4)[C@H]21)C3(C)C. The fourth-order valence-corrected chi connectivity index (χ4v) is 9.54. The van der Waals surface area contributed by atoms with E-state index in [0.29, 0.717) is 0 Å². The number of aliphatic hydroxyl groups excluding tert-OH is 2. The quantitative estimate of drug-likeness (QED) is 0.147. The van der Waals surface area contributed by atoms with E-state index in [2.05, 4.69) is 0 Å². The summed E-state index contributed by atoms with van der Waals surface area (Å²) in [6, 6.07) is 5.04. The third kappa shape index (κ3) is 8.84. The summed E-state index contributed by atoms with van der Waals surface area (Å²) in [5.41, 5.74) is -10.3. The van der Waals surface area contributed by atoms with Crippen molar-refractivity contribution in [3.8, 4) is 0 Å². The number of rotatable bonds is 10. The van der Waals surface area contributed by atoms with Gasteiger partial charge in [0, 0.05) is 25.2 Å². The van der Waals surface area contributed by atoms with Gasteiger partial charge in [0.05, 0.1) is 36.0 Å². The Balaban J connectivity index is 1.76. The van der Waals surface area contributed by atoms with E-state index < -0.39 is 130 Å². The number of fused-ring (bicyclic) bond motifs is 5. The van der Waals surface area contributed by atoms with Crippen LogP contribution < -0.4 is 5.32 Å². The molecule has 2 saturated carbocycles. The number of carbonyl (C=O) groups is 6. The number of hydrogen-bond acceptors (Lipinski definition) is 15. The molecule has 0 spiro atoms. The van der Waals surface area contributed by atoms with Gasteiger partial charge in [0.2, 0.25) is 0 Å². The van der Waals surface area contributed by atoms with Crippen LogP contribution in [0.25, 0.3) is 0 Å². The summed E-state index contributed by atoms with van der Waals surface area (Å²) in [7, 11) is 0. The van der Waals surface area contributed by atoms with E-state index in [1.54, 1.807) is 44.3 Å². The maximum Gasteiger partial charge on any atom is 0.408 e. The number of hydrogen-bond donors (Lipinski definition) is 4. The first-order chi connectivity index (χ1) is 28.4.